The van der Waals surface area contributed by atoms with Gasteiger partial charge in [-0.25, -0.2) is 0 Å². The Morgan fingerprint density at radius 2 is 1.13 bits per heavy atom. The molecule has 0 fully saturated rings. The lowest BCUT2D eigenvalue weighted by Gasteiger charge is -2.13. The molecule has 0 aliphatic rings. The van der Waals surface area contributed by atoms with Crippen molar-refractivity contribution in [3.8, 4) is 0 Å². The van der Waals surface area contributed by atoms with Crippen molar-refractivity contribution in [2.45, 2.75) is 27.7 Å². The van der Waals surface area contributed by atoms with Gasteiger partial charge in [0.25, 0.3) is 11.8 Å². The van der Waals surface area contributed by atoms with Crippen molar-refractivity contribution < 1.29 is 9.59 Å². The molecular weight excluding hydrogens is 372 g/mol. The van der Waals surface area contributed by atoms with E-state index in [1.165, 1.54) is 0 Å². The van der Waals surface area contributed by atoms with Crippen LogP contribution in [0.3, 0.4) is 0 Å². The van der Waals surface area contributed by atoms with Gasteiger partial charge in [-0.3, -0.25) is 9.59 Å². The van der Waals surface area contributed by atoms with Crippen LogP contribution in [-0.2, 0) is 9.59 Å². The number of nitrogens with one attached hydrogen (secondary N) is 2. The maximum atomic E-state index is 13.1. The quantitative estimate of drug-likeness (QED) is 0.335. The number of anilines is 2. The monoisotopic (exact) mass is 398 g/mol. The second kappa shape index (κ2) is 9.23. The second-order valence-electron chi connectivity index (χ2n) is 7.51. The first kappa shape index (κ1) is 21.1. The summed E-state index contributed by atoms with van der Waals surface area (Å²) >= 11 is 0. The molecular formula is C26H26N2O2. The highest BCUT2D eigenvalue weighted by Gasteiger charge is 2.20. The molecule has 0 bridgehead atoms. The lowest BCUT2D eigenvalue weighted by atomic mass is 10.1. The number of carbonyl (C=O) groups excluding carboxylic acids is 2. The van der Waals surface area contributed by atoms with Crippen LogP contribution in [0.15, 0.2) is 72.3 Å². The third-order valence-corrected chi connectivity index (χ3v) is 4.86. The summed E-state index contributed by atoms with van der Waals surface area (Å²) in [6.45, 7) is 7.85. The molecule has 0 saturated heterocycles. The van der Waals surface area contributed by atoms with Gasteiger partial charge >= 0.3 is 0 Å². The summed E-state index contributed by atoms with van der Waals surface area (Å²) in [6, 6.07) is 20.9. The maximum Gasteiger partial charge on any atom is 0.261 e. The third kappa shape index (κ3) is 5.23. The van der Waals surface area contributed by atoms with Crippen LogP contribution in [-0.4, -0.2) is 11.8 Å². The van der Waals surface area contributed by atoms with E-state index >= 15 is 0 Å². The summed E-state index contributed by atoms with van der Waals surface area (Å²) in [6.07, 6.45) is 1.61. The predicted octanol–water partition coefficient (Wildman–Crippen LogP) is 5.58. The van der Waals surface area contributed by atoms with E-state index in [0.29, 0.717) is 11.4 Å². The van der Waals surface area contributed by atoms with Crippen LogP contribution in [0, 0.1) is 27.7 Å². The molecule has 0 radical (unpaired) electrons. The second-order valence-corrected chi connectivity index (χ2v) is 7.51. The molecule has 3 aromatic carbocycles. The molecule has 0 spiro atoms. The van der Waals surface area contributed by atoms with Gasteiger partial charge < -0.3 is 10.6 Å². The van der Waals surface area contributed by atoms with Crippen molar-refractivity contribution in [2.75, 3.05) is 10.6 Å². The Kier molecular flexibility index (Phi) is 6.48. The van der Waals surface area contributed by atoms with Gasteiger partial charge in [0.15, 0.2) is 0 Å². The first-order valence-electron chi connectivity index (χ1n) is 9.87. The Labute approximate surface area is 177 Å². The van der Waals surface area contributed by atoms with E-state index in [1.54, 1.807) is 6.08 Å². The lowest BCUT2D eigenvalue weighted by Crippen LogP contribution is -2.26. The summed E-state index contributed by atoms with van der Waals surface area (Å²) in [5.74, 6) is -0.902. The zero-order valence-corrected chi connectivity index (χ0v) is 17.7. The fourth-order valence-corrected chi connectivity index (χ4v) is 3.24. The van der Waals surface area contributed by atoms with Crippen LogP contribution in [0.2, 0.25) is 0 Å². The minimum Gasteiger partial charge on any atom is -0.322 e. The molecule has 152 valence electrons. The van der Waals surface area contributed by atoms with Crippen LogP contribution in [0.5, 0.6) is 0 Å². The van der Waals surface area contributed by atoms with Crippen molar-refractivity contribution in [1.82, 2.24) is 0 Å². The molecule has 2 amide bonds. The Morgan fingerprint density at radius 1 is 0.667 bits per heavy atom. The summed E-state index contributed by atoms with van der Waals surface area (Å²) < 4.78 is 0. The topological polar surface area (TPSA) is 58.2 Å². The molecule has 0 aliphatic heterocycles. The average molecular weight is 399 g/mol. The zero-order chi connectivity index (χ0) is 21.7. The molecule has 0 heterocycles. The Morgan fingerprint density at radius 3 is 1.57 bits per heavy atom. The first-order valence-corrected chi connectivity index (χ1v) is 9.87. The predicted molar refractivity (Wildman–Crippen MR) is 124 cm³/mol. The molecule has 3 rings (SSSR count). The van der Waals surface area contributed by atoms with Gasteiger partial charge in [-0.1, -0.05) is 65.7 Å². The third-order valence-electron chi connectivity index (χ3n) is 4.86. The number of hydrogen-bond donors (Lipinski definition) is 2. The van der Waals surface area contributed by atoms with Crippen LogP contribution < -0.4 is 10.6 Å². The van der Waals surface area contributed by atoms with Gasteiger partial charge in [-0.05, 0) is 62.6 Å². The molecule has 4 nitrogen and oxygen atoms in total. The number of aryl methyl sites for hydroxylation is 4. The minimum atomic E-state index is -0.451. The molecule has 4 heteroatoms. The van der Waals surface area contributed by atoms with E-state index in [1.807, 2.05) is 94.4 Å². The van der Waals surface area contributed by atoms with E-state index in [-0.39, 0.29) is 5.57 Å². The van der Waals surface area contributed by atoms with Crippen molar-refractivity contribution >= 4 is 29.3 Å². The van der Waals surface area contributed by atoms with E-state index in [2.05, 4.69) is 10.6 Å². The zero-order valence-electron chi connectivity index (χ0n) is 17.7. The smallest absolute Gasteiger partial charge is 0.261 e. The minimum absolute atomic E-state index is 0.0427. The van der Waals surface area contributed by atoms with Gasteiger partial charge in [-0.2, -0.15) is 0 Å². The standard InChI is InChI=1S/C26H26N2O2/c1-17-10-12-23(19(3)14-17)27-25(29)22(16-21-8-6-5-7-9-21)26(30)28-24-13-11-18(2)15-20(24)4/h5-16H,1-4H3,(H,27,29)(H,28,30). The Hall–Kier alpha value is -3.66. The molecule has 30 heavy (non-hydrogen) atoms. The Bertz CT molecular complexity index is 1050. The van der Waals surface area contributed by atoms with Crippen LogP contribution in [0.4, 0.5) is 11.4 Å². The number of hydrogen-bond acceptors (Lipinski definition) is 2. The largest absolute Gasteiger partial charge is 0.322 e. The van der Waals surface area contributed by atoms with Crippen LogP contribution in [0.1, 0.15) is 27.8 Å². The fourth-order valence-electron chi connectivity index (χ4n) is 3.24. The normalized spacial score (nSPS) is 10.3. The van der Waals surface area contributed by atoms with Gasteiger partial charge in [0, 0.05) is 11.4 Å². The molecule has 2 N–H and O–H groups in total. The number of benzene rings is 3. The van der Waals surface area contributed by atoms with Crippen molar-refractivity contribution in [1.29, 1.82) is 0 Å². The van der Waals surface area contributed by atoms with E-state index in [0.717, 1.165) is 27.8 Å². The Balaban J connectivity index is 1.92. The number of rotatable bonds is 5. The maximum absolute atomic E-state index is 13.1. The van der Waals surface area contributed by atoms with E-state index in [9.17, 15) is 9.59 Å². The molecule has 0 unspecified atom stereocenters. The first-order chi connectivity index (χ1) is 14.3. The highest BCUT2D eigenvalue weighted by molar-refractivity contribution is 6.29. The van der Waals surface area contributed by atoms with Crippen molar-refractivity contribution in [3.05, 3.63) is 100 Å². The van der Waals surface area contributed by atoms with Gasteiger partial charge in [0.2, 0.25) is 0 Å². The number of amides is 2. The summed E-state index contributed by atoms with van der Waals surface area (Å²) in [4.78, 5) is 26.2. The molecule has 0 aromatic heterocycles. The molecule has 3 aromatic rings. The summed E-state index contributed by atoms with van der Waals surface area (Å²) in [7, 11) is 0. The van der Waals surface area contributed by atoms with E-state index < -0.39 is 11.8 Å². The molecule has 0 saturated carbocycles. The van der Waals surface area contributed by atoms with Crippen molar-refractivity contribution in [2.24, 2.45) is 0 Å². The molecule has 0 aliphatic carbocycles. The lowest BCUT2D eigenvalue weighted by molar-refractivity contribution is -0.118. The highest BCUT2D eigenvalue weighted by Crippen LogP contribution is 2.20. The van der Waals surface area contributed by atoms with E-state index in [4.69, 9.17) is 0 Å². The molecule has 0 atom stereocenters. The van der Waals surface area contributed by atoms with Crippen molar-refractivity contribution in [3.63, 3.8) is 0 Å². The van der Waals surface area contributed by atoms with Gasteiger partial charge in [0.1, 0.15) is 5.57 Å². The van der Waals surface area contributed by atoms with Crippen LogP contribution in [0.25, 0.3) is 6.08 Å². The SMILES string of the molecule is Cc1ccc(NC(=O)C(=Cc2ccccc2)C(=O)Nc2ccc(C)cc2C)c(C)c1. The average Bonchev–Trinajstić information content (AvgIpc) is 2.71. The fraction of sp³-hybridized carbons (Fsp3) is 0.154. The van der Waals surface area contributed by atoms with Gasteiger partial charge in [-0.15, -0.1) is 0 Å². The van der Waals surface area contributed by atoms with Gasteiger partial charge in [0.05, 0.1) is 0 Å². The summed E-state index contributed by atoms with van der Waals surface area (Å²) in [5.41, 5.74) is 6.29. The number of carbonyl (C=O) groups is 2. The summed E-state index contributed by atoms with van der Waals surface area (Å²) in [5, 5.41) is 5.76. The highest BCUT2D eigenvalue weighted by atomic mass is 16.2. The van der Waals surface area contributed by atoms with Crippen LogP contribution >= 0.6 is 0 Å².